The Kier molecular flexibility index (Phi) is 4.49. The summed E-state index contributed by atoms with van der Waals surface area (Å²) < 4.78 is 0. The van der Waals surface area contributed by atoms with Crippen molar-refractivity contribution in [2.45, 2.75) is 26.7 Å². The van der Waals surface area contributed by atoms with Crippen molar-refractivity contribution < 1.29 is 0 Å². The first-order valence-corrected chi connectivity index (χ1v) is 5.46. The van der Waals surface area contributed by atoms with Crippen LogP contribution in [0.4, 0.5) is 5.82 Å². The zero-order chi connectivity index (χ0) is 11.3. The van der Waals surface area contributed by atoms with Crippen molar-refractivity contribution in [3.63, 3.8) is 0 Å². The molecule has 1 rings (SSSR count). The average molecular weight is 208 g/mol. The van der Waals surface area contributed by atoms with Crippen molar-refractivity contribution in [1.29, 1.82) is 0 Å². The van der Waals surface area contributed by atoms with Gasteiger partial charge < -0.3 is 10.6 Å². The molecule has 1 aromatic heterocycles. The van der Waals surface area contributed by atoms with Gasteiger partial charge in [0.1, 0.15) is 12.1 Å². The maximum absolute atomic E-state index is 5.56. The molecule has 0 aliphatic heterocycles. The van der Waals surface area contributed by atoms with Gasteiger partial charge in [-0.2, -0.15) is 0 Å². The van der Waals surface area contributed by atoms with E-state index in [0.717, 1.165) is 24.6 Å². The number of aromatic nitrogens is 2. The minimum absolute atomic E-state index is 0.434. The highest BCUT2D eigenvalue weighted by Gasteiger charge is 2.07. The molecule has 2 N–H and O–H groups in total. The lowest BCUT2D eigenvalue weighted by molar-refractivity contribution is 0.776. The minimum Gasteiger partial charge on any atom is -0.356 e. The summed E-state index contributed by atoms with van der Waals surface area (Å²) in [5, 5.41) is 0. The molecular formula is C11H20N4. The second-order valence-electron chi connectivity index (χ2n) is 3.82. The van der Waals surface area contributed by atoms with Crippen LogP contribution in [0.15, 0.2) is 12.4 Å². The molecule has 0 aliphatic rings. The van der Waals surface area contributed by atoms with Gasteiger partial charge in [0.25, 0.3) is 0 Å². The molecule has 0 fully saturated rings. The van der Waals surface area contributed by atoms with Crippen LogP contribution in [0, 0.1) is 0 Å². The number of hydrogen-bond acceptors (Lipinski definition) is 4. The Morgan fingerprint density at radius 3 is 2.67 bits per heavy atom. The van der Waals surface area contributed by atoms with E-state index in [0.29, 0.717) is 12.5 Å². The molecule has 4 nitrogen and oxygen atoms in total. The summed E-state index contributed by atoms with van der Waals surface area (Å²) in [6.45, 7) is 8.77. The summed E-state index contributed by atoms with van der Waals surface area (Å²) >= 11 is 0. The van der Waals surface area contributed by atoms with Crippen LogP contribution in [0.25, 0.3) is 0 Å². The molecule has 0 saturated carbocycles. The molecule has 0 atom stereocenters. The number of nitrogens with zero attached hydrogens (tertiary/aromatic N) is 3. The molecular weight excluding hydrogens is 188 g/mol. The number of rotatable bonds is 5. The summed E-state index contributed by atoms with van der Waals surface area (Å²) in [5.41, 5.74) is 6.63. The largest absolute Gasteiger partial charge is 0.356 e. The first-order valence-electron chi connectivity index (χ1n) is 5.46. The van der Waals surface area contributed by atoms with E-state index in [-0.39, 0.29) is 0 Å². The molecule has 0 aliphatic carbocycles. The zero-order valence-electron chi connectivity index (χ0n) is 9.77. The predicted octanol–water partition coefficient (Wildman–Crippen LogP) is 1.38. The fourth-order valence-electron chi connectivity index (χ4n) is 1.44. The Labute approximate surface area is 91.5 Å². The van der Waals surface area contributed by atoms with E-state index in [2.05, 4.69) is 35.6 Å². The van der Waals surface area contributed by atoms with E-state index < -0.39 is 0 Å². The maximum Gasteiger partial charge on any atom is 0.132 e. The van der Waals surface area contributed by atoms with Crippen molar-refractivity contribution in [1.82, 2.24) is 9.97 Å². The molecule has 4 heteroatoms. The molecule has 0 bridgehead atoms. The summed E-state index contributed by atoms with van der Waals surface area (Å²) in [6.07, 6.45) is 1.63. The highest BCUT2D eigenvalue weighted by molar-refractivity contribution is 5.39. The third-order valence-electron chi connectivity index (χ3n) is 2.37. The standard InChI is InChI=1S/C11H20N4/c1-4-15(6-5-12)11-7-10(9(2)3)13-8-14-11/h7-9H,4-6,12H2,1-3H3. The molecule has 0 spiro atoms. The fraction of sp³-hybridized carbons (Fsp3) is 0.636. The summed E-state index contributed by atoms with van der Waals surface area (Å²) in [7, 11) is 0. The fourth-order valence-corrected chi connectivity index (χ4v) is 1.44. The van der Waals surface area contributed by atoms with Gasteiger partial charge in [-0.05, 0) is 12.8 Å². The van der Waals surface area contributed by atoms with Crippen LogP contribution in [-0.2, 0) is 0 Å². The van der Waals surface area contributed by atoms with Crippen molar-refractivity contribution in [2.75, 3.05) is 24.5 Å². The van der Waals surface area contributed by atoms with Crippen LogP contribution in [0.2, 0.25) is 0 Å². The lowest BCUT2D eigenvalue weighted by Crippen LogP contribution is -2.30. The van der Waals surface area contributed by atoms with E-state index in [1.165, 1.54) is 0 Å². The highest BCUT2D eigenvalue weighted by atomic mass is 15.2. The van der Waals surface area contributed by atoms with Crippen LogP contribution in [0.3, 0.4) is 0 Å². The van der Waals surface area contributed by atoms with Crippen LogP contribution in [0.1, 0.15) is 32.4 Å². The van der Waals surface area contributed by atoms with Crippen molar-refractivity contribution in [3.8, 4) is 0 Å². The average Bonchev–Trinajstić information content (AvgIpc) is 2.26. The SMILES string of the molecule is CCN(CCN)c1cc(C(C)C)ncn1. The third-order valence-corrected chi connectivity index (χ3v) is 2.37. The number of hydrogen-bond donors (Lipinski definition) is 1. The Bertz CT molecular complexity index is 298. The molecule has 1 heterocycles. The summed E-state index contributed by atoms with van der Waals surface area (Å²) in [5.74, 6) is 1.41. The van der Waals surface area contributed by atoms with Gasteiger partial charge in [-0.25, -0.2) is 9.97 Å². The minimum atomic E-state index is 0.434. The van der Waals surface area contributed by atoms with Gasteiger partial charge >= 0.3 is 0 Å². The number of anilines is 1. The van der Waals surface area contributed by atoms with E-state index in [1.54, 1.807) is 6.33 Å². The molecule has 1 aromatic rings. The van der Waals surface area contributed by atoms with E-state index >= 15 is 0 Å². The first-order chi connectivity index (χ1) is 7.19. The number of likely N-dealkylation sites (N-methyl/N-ethyl adjacent to an activating group) is 1. The molecule has 0 unspecified atom stereocenters. The molecule has 0 saturated heterocycles. The van der Waals surface area contributed by atoms with Gasteiger partial charge in [0.2, 0.25) is 0 Å². The maximum atomic E-state index is 5.56. The van der Waals surface area contributed by atoms with E-state index in [4.69, 9.17) is 5.73 Å². The lowest BCUT2D eigenvalue weighted by Gasteiger charge is -2.21. The molecule has 84 valence electrons. The highest BCUT2D eigenvalue weighted by Crippen LogP contribution is 2.16. The second-order valence-corrected chi connectivity index (χ2v) is 3.82. The van der Waals surface area contributed by atoms with Gasteiger partial charge in [-0.1, -0.05) is 13.8 Å². The van der Waals surface area contributed by atoms with Crippen LogP contribution in [-0.4, -0.2) is 29.6 Å². The molecule has 0 amide bonds. The summed E-state index contributed by atoms with van der Waals surface area (Å²) in [6, 6.07) is 2.05. The molecule has 15 heavy (non-hydrogen) atoms. The van der Waals surface area contributed by atoms with Gasteiger partial charge in [-0.3, -0.25) is 0 Å². The van der Waals surface area contributed by atoms with Crippen molar-refractivity contribution in [3.05, 3.63) is 18.1 Å². The van der Waals surface area contributed by atoms with Crippen LogP contribution < -0.4 is 10.6 Å². The van der Waals surface area contributed by atoms with Gasteiger partial charge in [-0.15, -0.1) is 0 Å². The second kappa shape index (κ2) is 5.66. The van der Waals surface area contributed by atoms with Crippen molar-refractivity contribution >= 4 is 5.82 Å². The van der Waals surface area contributed by atoms with Gasteiger partial charge in [0, 0.05) is 31.4 Å². The van der Waals surface area contributed by atoms with Gasteiger partial charge in [0.05, 0.1) is 0 Å². The Morgan fingerprint density at radius 1 is 1.40 bits per heavy atom. The monoisotopic (exact) mass is 208 g/mol. The van der Waals surface area contributed by atoms with Gasteiger partial charge in [0.15, 0.2) is 0 Å². The first kappa shape index (κ1) is 11.9. The van der Waals surface area contributed by atoms with E-state index in [9.17, 15) is 0 Å². The van der Waals surface area contributed by atoms with Crippen molar-refractivity contribution in [2.24, 2.45) is 5.73 Å². The quantitative estimate of drug-likeness (QED) is 0.794. The van der Waals surface area contributed by atoms with Crippen LogP contribution >= 0.6 is 0 Å². The normalized spacial score (nSPS) is 10.7. The smallest absolute Gasteiger partial charge is 0.132 e. The molecule has 0 aromatic carbocycles. The predicted molar refractivity (Wildman–Crippen MR) is 63.1 cm³/mol. The van der Waals surface area contributed by atoms with E-state index in [1.807, 2.05) is 6.07 Å². The Hall–Kier alpha value is -1.16. The summed E-state index contributed by atoms with van der Waals surface area (Å²) in [4.78, 5) is 10.7. The third kappa shape index (κ3) is 3.16. The topological polar surface area (TPSA) is 55.0 Å². The number of nitrogens with two attached hydrogens (primary N) is 1. The lowest BCUT2D eigenvalue weighted by atomic mass is 10.1. The Balaban J connectivity index is 2.87. The van der Waals surface area contributed by atoms with Crippen LogP contribution in [0.5, 0.6) is 0 Å². The zero-order valence-corrected chi connectivity index (χ0v) is 9.77. The molecule has 0 radical (unpaired) electrons. The Morgan fingerprint density at radius 2 is 2.13 bits per heavy atom.